The minimum Gasteiger partial charge on any atom is -0.493 e. The first-order valence-electron chi connectivity index (χ1n) is 3.71. The molecule has 0 heterocycles. The molecule has 0 amide bonds. The van der Waals surface area contributed by atoms with Crippen LogP contribution in [0.15, 0.2) is 23.1 Å². The number of rotatable bonds is 4. The van der Waals surface area contributed by atoms with E-state index in [2.05, 4.69) is 0 Å². The van der Waals surface area contributed by atoms with Gasteiger partial charge in [0.05, 0.1) is 12.0 Å². The van der Waals surface area contributed by atoms with Crippen LogP contribution in [0.25, 0.3) is 0 Å². The van der Waals surface area contributed by atoms with Gasteiger partial charge < -0.3 is 19.1 Å². The molecule has 5 nitrogen and oxygen atoms in total. The highest BCUT2D eigenvalue weighted by Crippen LogP contribution is 2.28. The maximum Gasteiger partial charge on any atom is 0.186 e. The predicted molar refractivity (Wildman–Crippen MR) is 49.7 cm³/mol. The molecule has 0 aliphatic carbocycles. The van der Waals surface area contributed by atoms with Gasteiger partial charge >= 0.3 is 0 Å². The molecule has 2 N–H and O–H groups in total. The molecule has 1 unspecified atom stereocenters. The Kier molecular flexibility index (Phi) is 3.87. The summed E-state index contributed by atoms with van der Waals surface area (Å²) >= 11 is -2.07. The third-order valence-electron chi connectivity index (χ3n) is 1.56. The lowest BCUT2D eigenvalue weighted by atomic mass is 10.3. The lowest BCUT2D eigenvalue weighted by Gasteiger charge is -2.08. The number of hydrogen-bond donors (Lipinski definition) is 2. The SMILES string of the molecule is COc1ccc(S(=O)O)cc1OCO. The summed E-state index contributed by atoms with van der Waals surface area (Å²) in [6, 6.07) is 4.28. The van der Waals surface area contributed by atoms with Gasteiger partial charge in [-0.05, 0) is 12.1 Å². The topological polar surface area (TPSA) is 76.0 Å². The van der Waals surface area contributed by atoms with E-state index in [9.17, 15) is 4.21 Å². The van der Waals surface area contributed by atoms with Gasteiger partial charge in [0, 0.05) is 6.07 Å². The van der Waals surface area contributed by atoms with Crippen molar-refractivity contribution >= 4 is 11.1 Å². The summed E-state index contributed by atoms with van der Waals surface area (Å²) in [5.41, 5.74) is 0. The van der Waals surface area contributed by atoms with E-state index in [1.165, 1.54) is 25.3 Å². The highest BCUT2D eigenvalue weighted by Gasteiger charge is 2.08. The Labute approximate surface area is 83.6 Å². The van der Waals surface area contributed by atoms with Gasteiger partial charge in [0.1, 0.15) is 0 Å². The largest absolute Gasteiger partial charge is 0.493 e. The van der Waals surface area contributed by atoms with Crippen molar-refractivity contribution in [1.82, 2.24) is 0 Å². The van der Waals surface area contributed by atoms with Crippen molar-refractivity contribution < 1.29 is 23.3 Å². The predicted octanol–water partition coefficient (Wildman–Crippen LogP) is 0.604. The van der Waals surface area contributed by atoms with Gasteiger partial charge in [-0.3, -0.25) is 0 Å². The smallest absolute Gasteiger partial charge is 0.186 e. The fraction of sp³-hybridized carbons (Fsp3) is 0.250. The number of methoxy groups -OCH3 is 1. The molecule has 1 aromatic rings. The van der Waals surface area contributed by atoms with Crippen molar-refractivity contribution in [2.45, 2.75) is 4.90 Å². The van der Waals surface area contributed by atoms with Crippen LogP contribution < -0.4 is 9.47 Å². The fourth-order valence-electron chi connectivity index (χ4n) is 0.948. The van der Waals surface area contributed by atoms with Crippen LogP contribution >= 0.6 is 0 Å². The van der Waals surface area contributed by atoms with Crippen LogP contribution in [0.5, 0.6) is 11.5 Å². The fourth-order valence-corrected chi connectivity index (χ4v) is 1.34. The van der Waals surface area contributed by atoms with Crippen LogP contribution in [0.1, 0.15) is 0 Å². The molecule has 0 bridgehead atoms. The Hall–Kier alpha value is -1.11. The second-order valence-corrected chi connectivity index (χ2v) is 3.30. The summed E-state index contributed by atoms with van der Waals surface area (Å²) in [6.07, 6.45) is 0. The molecule has 0 radical (unpaired) electrons. The van der Waals surface area contributed by atoms with Crippen LogP contribution in [0, 0.1) is 0 Å². The Morgan fingerprint density at radius 1 is 1.43 bits per heavy atom. The van der Waals surface area contributed by atoms with Crippen molar-refractivity contribution in [3.05, 3.63) is 18.2 Å². The van der Waals surface area contributed by atoms with Crippen molar-refractivity contribution in [3.8, 4) is 11.5 Å². The summed E-state index contributed by atoms with van der Waals surface area (Å²) in [6.45, 7) is -0.516. The first kappa shape index (κ1) is 11.0. The molecule has 0 aliphatic heterocycles. The maximum atomic E-state index is 10.7. The van der Waals surface area contributed by atoms with Crippen LogP contribution in [-0.2, 0) is 11.1 Å². The Bertz CT molecular complexity index is 339. The van der Waals surface area contributed by atoms with Gasteiger partial charge in [-0.15, -0.1) is 0 Å². The van der Waals surface area contributed by atoms with Crippen LogP contribution in [0.2, 0.25) is 0 Å². The molecule has 1 aromatic carbocycles. The van der Waals surface area contributed by atoms with E-state index in [1.807, 2.05) is 0 Å². The molecule has 0 saturated carbocycles. The Morgan fingerprint density at radius 2 is 2.14 bits per heavy atom. The quantitative estimate of drug-likeness (QED) is 0.572. The van der Waals surface area contributed by atoms with Gasteiger partial charge in [0.25, 0.3) is 0 Å². The Balaban J connectivity index is 3.07. The van der Waals surface area contributed by atoms with Crippen LogP contribution in [0.3, 0.4) is 0 Å². The minimum atomic E-state index is -2.07. The van der Waals surface area contributed by atoms with Crippen molar-refractivity contribution in [2.75, 3.05) is 13.9 Å². The zero-order valence-electron chi connectivity index (χ0n) is 7.47. The van der Waals surface area contributed by atoms with E-state index in [0.29, 0.717) is 5.75 Å². The Morgan fingerprint density at radius 3 is 2.64 bits per heavy atom. The summed E-state index contributed by atoms with van der Waals surface area (Å²) in [5.74, 6) is 0.628. The normalized spacial score (nSPS) is 12.2. The first-order chi connectivity index (χ1) is 6.69. The zero-order valence-corrected chi connectivity index (χ0v) is 8.28. The van der Waals surface area contributed by atoms with Gasteiger partial charge in [0.15, 0.2) is 29.4 Å². The van der Waals surface area contributed by atoms with Gasteiger partial charge in [0.2, 0.25) is 0 Å². The third kappa shape index (κ3) is 2.44. The average Bonchev–Trinajstić information content (AvgIpc) is 2.18. The number of aliphatic hydroxyl groups is 1. The molecule has 14 heavy (non-hydrogen) atoms. The number of ether oxygens (including phenoxy) is 2. The van der Waals surface area contributed by atoms with Gasteiger partial charge in [-0.2, -0.15) is 0 Å². The zero-order chi connectivity index (χ0) is 10.6. The number of benzene rings is 1. The molecule has 0 aromatic heterocycles. The first-order valence-corrected chi connectivity index (χ1v) is 4.82. The number of hydrogen-bond acceptors (Lipinski definition) is 4. The standard InChI is InChI=1S/C8H10O5S/c1-12-7-3-2-6(14(10)11)4-8(7)13-5-9/h2-4,9H,5H2,1H3,(H,10,11). The lowest BCUT2D eigenvalue weighted by Crippen LogP contribution is -1.99. The van der Waals surface area contributed by atoms with Crippen molar-refractivity contribution in [3.63, 3.8) is 0 Å². The van der Waals surface area contributed by atoms with E-state index in [1.54, 1.807) is 0 Å². The summed E-state index contributed by atoms with van der Waals surface area (Å²) < 4.78 is 29.2. The molecule has 0 saturated heterocycles. The summed E-state index contributed by atoms with van der Waals surface area (Å²) in [7, 11) is 1.44. The molecule has 0 fully saturated rings. The number of aliphatic hydroxyl groups excluding tert-OH is 1. The highest BCUT2D eigenvalue weighted by molar-refractivity contribution is 7.79. The summed E-state index contributed by atoms with van der Waals surface area (Å²) in [5, 5.41) is 8.55. The molecular weight excluding hydrogens is 208 g/mol. The minimum absolute atomic E-state index is 0.189. The van der Waals surface area contributed by atoms with Crippen LogP contribution in [-0.4, -0.2) is 27.8 Å². The molecule has 6 heteroatoms. The molecule has 1 atom stereocenters. The highest BCUT2D eigenvalue weighted by atomic mass is 32.2. The molecule has 0 aliphatic rings. The van der Waals surface area contributed by atoms with Gasteiger partial charge in [-0.1, -0.05) is 0 Å². The molecule has 0 spiro atoms. The monoisotopic (exact) mass is 218 g/mol. The van der Waals surface area contributed by atoms with E-state index in [0.717, 1.165) is 0 Å². The average molecular weight is 218 g/mol. The van der Waals surface area contributed by atoms with E-state index in [-0.39, 0.29) is 10.6 Å². The van der Waals surface area contributed by atoms with E-state index in [4.69, 9.17) is 19.1 Å². The second-order valence-electron chi connectivity index (χ2n) is 2.34. The van der Waals surface area contributed by atoms with Crippen molar-refractivity contribution in [2.24, 2.45) is 0 Å². The molecule has 1 rings (SSSR count). The second kappa shape index (κ2) is 4.94. The van der Waals surface area contributed by atoms with Crippen molar-refractivity contribution in [1.29, 1.82) is 0 Å². The molecular formula is C8H10O5S. The van der Waals surface area contributed by atoms with E-state index < -0.39 is 17.9 Å². The van der Waals surface area contributed by atoms with E-state index >= 15 is 0 Å². The summed E-state index contributed by atoms with van der Waals surface area (Å²) in [4.78, 5) is 0.189. The lowest BCUT2D eigenvalue weighted by molar-refractivity contribution is 0.0951. The maximum absolute atomic E-state index is 10.7. The van der Waals surface area contributed by atoms with Gasteiger partial charge in [-0.25, -0.2) is 4.21 Å². The molecule has 78 valence electrons. The van der Waals surface area contributed by atoms with Crippen LogP contribution in [0.4, 0.5) is 0 Å². The third-order valence-corrected chi connectivity index (χ3v) is 2.21.